The molecule has 0 spiro atoms. The summed E-state index contributed by atoms with van der Waals surface area (Å²) in [5, 5.41) is 3.37. The fourth-order valence-electron chi connectivity index (χ4n) is 2.97. The second-order valence-corrected chi connectivity index (χ2v) is 7.05. The van der Waals surface area contributed by atoms with Gasteiger partial charge in [0.15, 0.2) is 0 Å². The lowest BCUT2D eigenvalue weighted by molar-refractivity contribution is -0.134. The first-order chi connectivity index (χ1) is 11.9. The minimum atomic E-state index is -0.573. The average Bonchev–Trinajstić information content (AvgIpc) is 2.60. The molecule has 0 aliphatic carbocycles. The summed E-state index contributed by atoms with van der Waals surface area (Å²) in [5.74, 6) is 0.240. The molecule has 1 aliphatic rings. The number of anilines is 1. The van der Waals surface area contributed by atoms with E-state index in [9.17, 15) is 9.59 Å². The molecular weight excluding hydrogens is 342 g/mol. The summed E-state index contributed by atoms with van der Waals surface area (Å²) in [5.41, 5.74) is 1.06. The fourth-order valence-corrected chi connectivity index (χ4v) is 3.16. The summed E-state index contributed by atoms with van der Waals surface area (Å²) in [6.07, 6.45) is 0.0131. The molecule has 1 aromatic rings. The lowest BCUT2D eigenvalue weighted by Crippen LogP contribution is -2.55. The SMILES string of the molecule is COC(=O)NC(CC(C)C)C(=O)N1CCN(c2cccc(Cl)c2)CC1. The van der Waals surface area contributed by atoms with Gasteiger partial charge < -0.3 is 19.9 Å². The lowest BCUT2D eigenvalue weighted by Gasteiger charge is -2.37. The zero-order valence-electron chi connectivity index (χ0n) is 15.0. The van der Waals surface area contributed by atoms with Crippen LogP contribution in [0.25, 0.3) is 0 Å². The molecule has 1 unspecified atom stereocenters. The van der Waals surface area contributed by atoms with E-state index < -0.39 is 12.1 Å². The Morgan fingerprint density at radius 1 is 1.24 bits per heavy atom. The largest absolute Gasteiger partial charge is 0.453 e. The third kappa shape index (κ3) is 5.53. The first kappa shape index (κ1) is 19.4. The van der Waals surface area contributed by atoms with Crippen molar-refractivity contribution in [3.63, 3.8) is 0 Å². The molecule has 2 rings (SSSR count). The van der Waals surface area contributed by atoms with Crippen LogP contribution >= 0.6 is 11.6 Å². The van der Waals surface area contributed by atoms with Crippen LogP contribution in [0.1, 0.15) is 20.3 Å². The van der Waals surface area contributed by atoms with Gasteiger partial charge in [0.1, 0.15) is 6.04 Å². The van der Waals surface area contributed by atoms with Crippen molar-refractivity contribution in [2.24, 2.45) is 5.92 Å². The Kier molecular flexibility index (Phi) is 6.93. The number of nitrogens with one attached hydrogen (secondary N) is 1. The first-order valence-corrected chi connectivity index (χ1v) is 8.92. The Bertz CT molecular complexity index is 601. The predicted molar refractivity (Wildman–Crippen MR) is 99.0 cm³/mol. The maximum Gasteiger partial charge on any atom is 0.407 e. The van der Waals surface area contributed by atoms with Gasteiger partial charge in [-0.05, 0) is 30.5 Å². The number of rotatable bonds is 5. The van der Waals surface area contributed by atoms with Crippen molar-refractivity contribution in [1.82, 2.24) is 10.2 Å². The molecule has 25 heavy (non-hydrogen) atoms. The number of methoxy groups -OCH3 is 1. The fraction of sp³-hybridized carbons (Fsp3) is 0.556. The van der Waals surface area contributed by atoms with Gasteiger partial charge in [-0.15, -0.1) is 0 Å². The maximum absolute atomic E-state index is 12.8. The van der Waals surface area contributed by atoms with E-state index in [4.69, 9.17) is 11.6 Å². The molecule has 1 fully saturated rings. The van der Waals surface area contributed by atoms with Crippen LogP contribution in [-0.4, -0.2) is 56.2 Å². The van der Waals surface area contributed by atoms with Gasteiger partial charge in [0.05, 0.1) is 7.11 Å². The second-order valence-electron chi connectivity index (χ2n) is 6.61. The highest BCUT2D eigenvalue weighted by Crippen LogP contribution is 2.21. The zero-order valence-corrected chi connectivity index (χ0v) is 15.8. The van der Waals surface area contributed by atoms with Crippen molar-refractivity contribution in [2.45, 2.75) is 26.3 Å². The lowest BCUT2D eigenvalue weighted by atomic mass is 10.0. The molecular formula is C18H26ClN3O3. The standard InChI is InChI=1S/C18H26ClN3O3/c1-13(2)11-16(20-18(24)25-3)17(23)22-9-7-21(8-10-22)15-6-4-5-14(19)12-15/h4-6,12-13,16H,7-11H2,1-3H3,(H,20,24). The number of amides is 2. The Morgan fingerprint density at radius 2 is 1.92 bits per heavy atom. The predicted octanol–water partition coefficient (Wildman–Crippen LogP) is 2.76. The highest BCUT2D eigenvalue weighted by molar-refractivity contribution is 6.30. The van der Waals surface area contributed by atoms with E-state index in [0.717, 1.165) is 18.8 Å². The highest BCUT2D eigenvalue weighted by Gasteiger charge is 2.29. The maximum atomic E-state index is 12.8. The summed E-state index contributed by atoms with van der Waals surface area (Å²) in [7, 11) is 1.30. The average molecular weight is 368 g/mol. The number of alkyl carbamates (subject to hydrolysis) is 1. The summed E-state index contributed by atoms with van der Waals surface area (Å²) in [6.45, 7) is 6.75. The minimum Gasteiger partial charge on any atom is -0.453 e. The number of carbonyl (C=O) groups excluding carboxylic acids is 2. The molecule has 7 heteroatoms. The van der Waals surface area contributed by atoms with Crippen molar-refractivity contribution >= 4 is 29.3 Å². The van der Waals surface area contributed by atoms with E-state index in [0.29, 0.717) is 30.5 Å². The monoisotopic (exact) mass is 367 g/mol. The van der Waals surface area contributed by atoms with Crippen molar-refractivity contribution in [3.8, 4) is 0 Å². The number of hydrogen-bond donors (Lipinski definition) is 1. The van der Waals surface area contributed by atoms with Crippen LogP contribution in [0.2, 0.25) is 5.02 Å². The number of benzene rings is 1. The number of halogens is 1. The van der Waals surface area contributed by atoms with Crippen LogP contribution in [0.3, 0.4) is 0 Å². The van der Waals surface area contributed by atoms with Gasteiger partial charge in [0.25, 0.3) is 0 Å². The van der Waals surface area contributed by atoms with Crippen LogP contribution in [0.5, 0.6) is 0 Å². The number of nitrogens with zero attached hydrogens (tertiary/aromatic N) is 2. The third-order valence-corrected chi connectivity index (χ3v) is 4.48. The summed E-state index contributed by atoms with van der Waals surface area (Å²) < 4.78 is 4.64. The van der Waals surface area contributed by atoms with Crippen LogP contribution in [0.15, 0.2) is 24.3 Å². The van der Waals surface area contributed by atoms with Crippen molar-refractivity contribution in [1.29, 1.82) is 0 Å². The normalized spacial score (nSPS) is 15.9. The molecule has 1 saturated heterocycles. The van der Waals surface area contributed by atoms with Crippen molar-refractivity contribution in [3.05, 3.63) is 29.3 Å². The Labute approximate surface area is 154 Å². The van der Waals surface area contributed by atoms with Crippen molar-refractivity contribution in [2.75, 3.05) is 38.2 Å². The molecule has 1 heterocycles. The molecule has 138 valence electrons. The quantitative estimate of drug-likeness (QED) is 0.869. The molecule has 0 aromatic heterocycles. The van der Waals surface area contributed by atoms with Gasteiger partial charge in [-0.25, -0.2) is 4.79 Å². The number of hydrogen-bond acceptors (Lipinski definition) is 4. The van der Waals surface area contributed by atoms with Crippen LogP contribution < -0.4 is 10.2 Å². The van der Waals surface area contributed by atoms with Gasteiger partial charge in [0.2, 0.25) is 5.91 Å². The van der Waals surface area contributed by atoms with E-state index >= 15 is 0 Å². The molecule has 1 N–H and O–H groups in total. The van der Waals surface area contributed by atoms with Crippen LogP contribution in [0, 0.1) is 5.92 Å². The Morgan fingerprint density at radius 3 is 2.48 bits per heavy atom. The smallest absolute Gasteiger partial charge is 0.407 e. The van der Waals surface area contributed by atoms with E-state index in [1.54, 1.807) is 0 Å². The minimum absolute atomic E-state index is 0.0511. The molecule has 6 nitrogen and oxygen atoms in total. The molecule has 1 atom stereocenters. The zero-order chi connectivity index (χ0) is 18.4. The highest BCUT2D eigenvalue weighted by atomic mass is 35.5. The number of carbonyl (C=O) groups is 2. The Balaban J connectivity index is 1.97. The number of ether oxygens (including phenoxy) is 1. The van der Waals surface area contributed by atoms with E-state index in [2.05, 4.69) is 15.0 Å². The second kappa shape index (κ2) is 8.94. The van der Waals surface area contributed by atoms with Gasteiger partial charge in [-0.2, -0.15) is 0 Å². The molecule has 0 bridgehead atoms. The van der Waals surface area contributed by atoms with Gasteiger partial charge in [-0.3, -0.25) is 4.79 Å². The number of piperazine rings is 1. The molecule has 0 saturated carbocycles. The van der Waals surface area contributed by atoms with Gasteiger partial charge >= 0.3 is 6.09 Å². The topological polar surface area (TPSA) is 61.9 Å². The van der Waals surface area contributed by atoms with Crippen molar-refractivity contribution < 1.29 is 14.3 Å². The van der Waals surface area contributed by atoms with Gasteiger partial charge in [0, 0.05) is 36.9 Å². The molecule has 2 amide bonds. The van der Waals surface area contributed by atoms with Crippen LogP contribution in [0.4, 0.5) is 10.5 Å². The van der Waals surface area contributed by atoms with E-state index in [1.165, 1.54) is 7.11 Å². The molecule has 1 aromatic carbocycles. The summed E-state index contributed by atoms with van der Waals surface area (Å²) in [4.78, 5) is 28.4. The molecule has 0 radical (unpaired) electrons. The third-order valence-electron chi connectivity index (χ3n) is 4.25. The van der Waals surface area contributed by atoms with E-state index in [1.807, 2.05) is 43.0 Å². The Hall–Kier alpha value is -1.95. The van der Waals surface area contributed by atoms with Gasteiger partial charge in [-0.1, -0.05) is 31.5 Å². The van der Waals surface area contributed by atoms with Crippen LogP contribution in [-0.2, 0) is 9.53 Å². The summed E-state index contributed by atoms with van der Waals surface area (Å²) >= 11 is 6.05. The first-order valence-electron chi connectivity index (χ1n) is 8.54. The molecule has 1 aliphatic heterocycles. The van der Waals surface area contributed by atoms with E-state index in [-0.39, 0.29) is 5.91 Å². The summed E-state index contributed by atoms with van der Waals surface area (Å²) in [6, 6.07) is 7.17.